The van der Waals surface area contributed by atoms with Crippen molar-refractivity contribution in [2.45, 2.75) is 26.3 Å². The van der Waals surface area contributed by atoms with E-state index >= 15 is 0 Å². The van der Waals surface area contributed by atoms with Gasteiger partial charge >= 0.3 is 0 Å². The maximum absolute atomic E-state index is 4.45. The molecule has 0 unspecified atom stereocenters. The van der Waals surface area contributed by atoms with E-state index in [1.165, 1.54) is 4.88 Å². The molecule has 3 aromatic heterocycles. The third-order valence-electron chi connectivity index (χ3n) is 3.84. The molecule has 0 aromatic carbocycles. The number of guanidine groups is 1. The molecule has 0 aliphatic rings. The molecule has 0 amide bonds. The van der Waals surface area contributed by atoms with Crippen LogP contribution in [0.15, 0.2) is 48.2 Å². The van der Waals surface area contributed by atoms with E-state index < -0.39 is 0 Å². The van der Waals surface area contributed by atoms with Gasteiger partial charge in [0.25, 0.3) is 0 Å². The summed E-state index contributed by atoms with van der Waals surface area (Å²) in [6.45, 7) is 3.61. The highest BCUT2D eigenvalue weighted by Gasteiger charge is 2.03. The molecule has 2 N–H and O–H groups in total. The molecule has 0 radical (unpaired) electrons. The fourth-order valence-electron chi connectivity index (χ4n) is 2.39. The molecule has 3 heterocycles. The molecule has 26 heavy (non-hydrogen) atoms. The van der Waals surface area contributed by atoms with E-state index in [0.717, 1.165) is 41.7 Å². The minimum absolute atomic E-state index is 0.661. The zero-order valence-electron chi connectivity index (χ0n) is 15.0. The van der Waals surface area contributed by atoms with E-state index in [1.54, 1.807) is 30.9 Å². The van der Waals surface area contributed by atoms with Gasteiger partial charge in [-0.1, -0.05) is 13.0 Å². The van der Waals surface area contributed by atoms with E-state index in [1.807, 2.05) is 35.3 Å². The summed E-state index contributed by atoms with van der Waals surface area (Å²) in [6.07, 6.45) is 11.1. The minimum Gasteiger partial charge on any atom is -0.356 e. The summed E-state index contributed by atoms with van der Waals surface area (Å²) in [5.74, 6) is 1.62. The van der Waals surface area contributed by atoms with Crippen LogP contribution in [0, 0.1) is 0 Å². The molecule has 3 rings (SSSR count). The average Bonchev–Trinajstić information content (AvgIpc) is 3.37. The van der Waals surface area contributed by atoms with Gasteiger partial charge in [0, 0.05) is 56.2 Å². The van der Waals surface area contributed by atoms with Crippen molar-refractivity contribution in [1.82, 2.24) is 30.2 Å². The molecule has 0 aliphatic heterocycles. The van der Waals surface area contributed by atoms with Crippen molar-refractivity contribution >= 4 is 17.3 Å². The highest BCUT2D eigenvalue weighted by atomic mass is 32.1. The van der Waals surface area contributed by atoms with Crippen molar-refractivity contribution in [1.29, 1.82) is 0 Å². The lowest BCUT2D eigenvalue weighted by atomic mass is 10.3. The lowest BCUT2D eigenvalue weighted by molar-refractivity contribution is 0.789. The lowest BCUT2D eigenvalue weighted by Crippen LogP contribution is -2.37. The topological polar surface area (TPSA) is 80.0 Å². The average molecular weight is 369 g/mol. The molecule has 7 nitrogen and oxygen atoms in total. The standard InChI is InChI=1S/C18H23N7S/c1-3-15-12-23-17(26-15)6-7-21-18(19-2)24-11-14-4-5-16(22-10-14)25-9-8-20-13-25/h4-5,8-10,12-13H,3,6-7,11H2,1-2H3,(H2,19,21,24). The zero-order valence-corrected chi connectivity index (χ0v) is 15.8. The van der Waals surface area contributed by atoms with Gasteiger partial charge in [-0.3, -0.25) is 9.56 Å². The van der Waals surface area contributed by atoms with Gasteiger partial charge in [-0.25, -0.2) is 15.0 Å². The molecule has 8 heteroatoms. The lowest BCUT2D eigenvalue weighted by Gasteiger charge is -2.11. The Kier molecular flexibility index (Phi) is 6.32. The van der Waals surface area contributed by atoms with Crippen LogP contribution in [0.3, 0.4) is 0 Å². The van der Waals surface area contributed by atoms with Crippen LogP contribution in [0.2, 0.25) is 0 Å². The molecule has 0 bridgehead atoms. The third kappa shape index (κ3) is 4.89. The Morgan fingerprint density at radius 3 is 2.81 bits per heavy atom. The summed E-state index contributed by atoms with van der Waals surface area (Å²) in [7, 11) is 1.77. The first-order valence-electron chi connectivity index (χ1n) is 8.60. The maximum atomic E-state index is 4.45. The van der Waals surface area contributed by atoms with E-state index in [4.69, 9.17) is 0 Å². The number of aryl methyl sites for hydroxylation is 1. The molecule has 0 fully saturated rings. The Bertz CT molecular complexity index is 822. The van der Waals surface area contributed by atoms with E-state index in [2.05, 4.69) is 37.5 Å². The van der Waals surface area contributed by atoms with Crippen molar-refractivity contribution in [3.05, 3.63) is 58.7 Å². The van der Waals surface area contributed by atoms with Crippen molar-refractivity contribution in [2.24, 2.45) is 4.99 Å². The van der Waals surface area contributed by atoms with Gasteiger partial charge in [0.15, 0.2) is 5.96 Å². The van der Waals surface area contributed by atoms with Crippen LogP contribution in [-0.2, 0) is 19.4 Å². The minimum atomic E-state index is 0.661. The number of hydrogen-bond donors (Lipinski definition) is 2. The first-order valence-corrected chi connectivity index (χ1v) is 9.41. The van der Waals surface area contributed by atoms with Crippen molar-refractivity contribution in [3.63, 3.8) is 0 Å². The Hall–Kier alpha value is -2.74. The van der Waals surface area contributed by atoms with Gasteiger partial charge < -0.3 is 10.6 Å². The molecule has 0 aliphatic carbocycles. The molecule has 3 aromatic rings. The van der Waals surface area contributed by atoms with Crippen molar-refractivity contribution in [2.75, 3.05) is 13.6 Å². The van der Waals surface area contributed by atoms with E-state index in [0.29, 0.717) is 6.54 Å². The highest BCUT2D eigenvalue weighted by molar-refractivity contribution is 7.11. The second kappa shape index (κ2) is 9.10. The quantitative estimate of drug-likeness (QED) is 0.493. The van der Waals surface area contributed by atoms with Crippen LogP contribution < -0.4 is 10.6 Å². The smallest absolute Gasteiger partial charge is 0.191 e. The summed E-state index contributed by atoms with van der Waals surface area (Å²) >= 11 is 1.78. The van der Waals surface area contributed by atoms with E-state index in [-0.39, 0.29) is 0 Å². The second-order valence-electron chi connectivity index (χ2n) is 5.67. The van der Waals surface area contributed by atoms with E-state index in [9.17, 15) is 0 Å². The van der Waals surface area contributed by atoms with Gasteiger partial charge in [-0.2, -0.15) is 0 Å². The van der Waals surface area contributed by atoms with Crippen LogP contribution >= 0.6 is 11.3 Å². The first-order chi connectivity index (χ1) is 12.8. The normalized spacial score (nSPS) is 11.5. The summed E-state index contributed by atoms with van der Waals surface area (Å²) in [5.41, 5.74) is 1.09. The second-order valence-corrected chi connectivity index (χ2v) is 6.87. The number of nitrogens with one attached hydrogen (secondary N) is 2. The van der Waals surface area contributed by atoms with Crippen LogP contribution in [0.1, 0.15) is 22.4 Å². The number of rotatable bonds is 7. The number of nitrogens with zero attached hydrogens (tertiary/aromatic N) is 5. The van der Waals surface area contributed by atoms with Crippen LogP contribution in [0.5, 0.6) is 0 Å². The molecule has 136 valence electrons. The van der Waals surface area contributed by atoms with Gasteiger partial charge in [-0.05, 0) is 18.1 Å². The number of aliphatic imine (C=N–C) groups is 1. The molecule has 0 atom stereocenters. The zero-order chi connectivity index (χ0) is 18.2. The Labute approximate surface area is 157 Å². The summed E-state index contributed by atoms with van der Waals surface area (Å²) < 4.78 is 1.88. The number of imidazole rings is 1. The highest BCUT2D eigenvalue weighted by Crippen LogP contribution is 2.13. The van der Waals surface area contributed by atoms with Crippen molar-refractivity contribution in [3.8, 4) is 5.82 Å². The summed E-state index contributed by atoms with van der Waals surface area (Å²) in [5, 5.41) is 7.78. The van der Waals surface area contributed by atoms with Gasteiger partial charge in [0.05, 0.1) is 5.01 Å². The number of pyridine rings is 1. The Morgan fingerprint density at radius 1 is 1.23 bits per heavy atom. The van der Waals surface area contributed by atoms with Gasteiger partial charge in [0.2, 0.25) is 0 Å². The monoisotopic (exact) mass is 369 g/mol. The molecule has 0 saturated heterocycles. The largest absolute Gasteiger partial charge is 0.356 e. The fourth-order valence-corrected chi connectivity index (χ4v) is 3.25. The Balaban J connectivity index is 1.45. The predicted octanol–water partition coefficient (Wildman–Crippen LogP) is 2.19. The summed E-state index contributed by atoms with van der Waals surface area (Å²) in [6, 6.07) is 4.02. The van der Waals surface area contributed by atoms with Crippen molar-refractivity contribution < 1.29 is 0 Å². The molecular weight excluding hydrogens is 346 g/mol. The first kappa shape index (κ1) is 18.1. The number of hydrogen-bond acceptors (Lipinski definition) is 5. The SMILES string of the molecule is CCc1cnc(CCNC(=NC)NCc2ccc(-n3ccnc3)nc2)s1. The maximum Gasteiger partial charge on any atom is 0.191 e. The number of thiazole rings is 1. The fraction of sp³-hybridized carbons (Fsp3) is 0.333. The van der Waals surface area contributed by atoms with Crippen LogP contribution in [0.4, 0.5) is 0 Å². The van der Waals surface area contributed by atoms with Gasteiger partial charge in [-0.15, -0.1) is 11.3 Å². The molecular formula is C18H23N7S. The van der Waals surface area contributed by atoms with Crippen LogP contribution in [-0.4, -0.2) is 39.1 Å². The van der Waals surface area contributed by atoms with Crippen LogP contribution in [0.25, 0.3) is 5.82 Å². The van der Waals surface area contributed by atoms with Gasteiger partial charge in [0.1, 0.15) is 12.1 Å². The molecule has 0 saturated carbocycles. The number of aromatic nitrogens is 4. The third-order valence-corrected chi connectivity index (χ3v) is 5.04. The summed E-state index contributed by atoms with van der Waals surface area (Å²) in [4.78, 5) is 18.5. The Morgan fingerprint density at radius 2 is 2.15 bits per heavy atom. The predicted molar refractivity (Wildman–Crippen MR) is 105 cm³/mol. The molecule has 0 spiro atoms.